The van der Waals surface area contributed by atoms with Gasteiger partial charge >= 0.3 is 5.97 Å². The molecule has 0 aliphatic carbocycles. The van der Waals surface area contributed by atoms with Gasteiger partial charge in [0.1, 0.15) is 0 Å². The second-order valence-corrected chi connectivity index (χ2v) is 5.13. The van der Waals surface area contributed by atoms with Crippen LogP contribution in [0.4, 0.5) is 5.69 Å². The molecular formula is C19H16N2O2. The van der Waals surface area contributed by atoms with Crippen LogP contribution in [0, 0.1) is 0 Å². The Morgan fingerprint density at radius 2 is 1.48 bits per heavy atom. The van der Waals surface area contributed by atoms with Crippen molar-refractivity contribution in [1.82, 2.24) is 4.98 Å². The van der Waals surface area contributed by atoms with Crippen LogP contribution in [-0.2, 0) is 0 Å². The Hall–Kier alpha value is -3.14. The van der Waals surface area contributed by atoms with E-state index >= 15 is 0 Å². The quantitative estimate of drug-likeness (QED) is 0.748. The number of anilines is 1. The van der Waals surface area contributed by atoms with Crippen molar-refractivity contribution in [3.05, 3.63) is 95.8 Å². The van der Waals surface area contributed by atoms with Crippen molar-refractivity contribution in [2.24, 2.45) is 0 Å². The first kappa shape index (κ1) is 14.8. The molecule has 1 heterocycles. The van der Waals surface area contributed by atoms with Gasteiger partial charge in [0, 0.05) is 6.20 Å². The van der Waals surface area contributed by atoms with Crippen molar-refractivity contribution < 1.29 is 9.90 Å². The summed E-state index contributed by atoms with van der Waals surface area (Å²) >= 11 is 0. The SMILES string of the molecule is O=C(O)c1ccncc1NC(c1ccccc1)c1ccccc1. The van der Waals surface area contributed by atoms with Crippen molar-refractivity contribution in [3.63, 3.8) is 0 Å². The molecule has 0 atom stereocenters. The third kappa shape index (κ3) is 3.37. The van der Waals surface area contributed by atoms with Crippen LogP contribution in [0.1, 0.15) is 27.5 Å². The summed E-state index contributed by atoms with van der Waals surface area (Å²) in [6, 6.07) is 21.2. The van der Waals surface area contributed by atoms with E-state index in [9.17, 15) is 9.90 Å². The number of aromatic nitrogens is 1. The predicted molar refractivity (Wildman–Crippen MR) is 89.5 cm³/mol. The number of carboxylic acid groups (broad SMARTS) is 1. The van der Waals surface area contributed by atoms with Crippen LogP contribution >= 0.6 is 0 Å². The lowest BCUT2D eigenvalue weighted by Crippen LogP contribution is -2.15. The molecule has 0 radical (unpaired) electrons. The van der Waals surface area contributed by atoms with Crippen LogP contribution in [0.5, 0.6) is 0 Å². The Kier molecular flexibility index (Phi) is 4.34. The van der Waals surface area contributed by atoms with Gasteiger partial charge in [-0.1, -0.05) is 60.7 Å². The van der Waals surface area contributed by atoms with Crippen molar-refractivity contribution >= 4 is 11.7 Å². The van der Waals surface area contributed by atoms with Crippen LogP contribution in [0.25, 0.3) is 0 Å². The van der Waals surface area contributed by atoms with Gasteiger partial charge in [0.25, 0.3) is 0 Å². The van der Waals surface area contributed by atoms with Gasteiger partial charge in [-0.3, -0.25) is 4.98 Å². The van der Waals surface area contributed by atoms with Gasteiger partial charge in [-0.2, -0.15) is 0 Å². The lowest BCUT2D eigenvalue weighted by molar-refractivity contribution is 0.0697. The minimum absolute atomic E-state index is 0.153. The fourth-order valence-electron chi connectivity index (χ4n) is 2.50. The van der Waals surface area contributed by atoms with Crippen LogP contribution < -0.4 is 5.32 Å². The molecule has 0 aliphatic rings. The predicted octanol–water partition coefficient (Wildman–Crippen LogP) is 3.98. The summed E-state index contributed by atoms with van der Waals surface area (Å²) in [6.45, 7) is 0. The summed E-state index contributed by atoms with van der Waals surface area (Å²) in [4.78, 5) is 15.5. The average molecular weight is 304 g/mol. The molecule has 3 rings (SSSR count). The Labute approximate surface area is 134 Å². The third-order valence-electron chi connectivity index (χ3n) is 3.62. The summed E-state index contributed by atoms with van der Waals surface area (Å²) in [5.41, 5.74) is 2.81. The number of rotatable bonds is 5. The minimum Gasteiger partial charge on any atom is -0.478 e. The van der Waals surface area contributed by atoms with Gasteiger partial charge in [0.2, 0.25) is 0 Å². The highest BCUT2D eigenvalue weighted by Gasteiger charge is 2.17. The maximum Gasteiger partial charge on any atom is 0.337 e. The largest absolute Gasteiger partial charge is 0.478 e. The molecular weight excluding hydrogens is 288 g/mol. The summed E-state index contributed by atoms with van der Waals surface area (Å²) in [5, 5.41) is 12.7. The molecule has 1 aromatic heterocycles. The Morgan fingerprint density at radius 3 is 2.00 bits per heavy atom. The van der Waals surface area contributed by atoms with E-state index in [1.165, 1.54) is 12.3 Å². The molecule has 23 heavy (non-hydrogen) atoms. The number of nitrogens with one attached hydrogen (secondary N) is 1. The highest BCUT2D eigenvalue weighted by molar-refractivity contribution is 5.94. The Morgan fingerprint density at radius 1 is 0.913 bits per heavy atom. The molecule has 3 aromatic rings. The summed E-state index contributed by atoms with van der Waals surface area (Å²) < 4.78 is 0. The molecule has 114 valence electrons. The second-order valence-electron chi connectivity index (χ2n) is 5.13. The number of benzene rings is 2. The molecule has 0 spiro atoms. The van der Waals surface area contributed by atoms with Gasteiger partial charge in [0.15, 0.2) is 0 Å². The number of hydrogen-bond acceptors (Lipinski definition) is 3. The highest BCUT2D eigenvalue weighted by atomic mass is 16.4. The van der Waals surface area contributed by atoms with Gasteiger partial charge in [-0.05, 0) is 17.2 Å². The first-order chi connectivity index (χ1) is 11.3. The van der Waals surface area contributed by atoms with Crippen LogP contribution in [0.3, 0.4) is 0 Å². The molecule has 0 unspecified atom stereocenters. The molecule has 0 aliphatic heterocycles. The molecule has 0 fully saturated rings. The average Bonchev–Trinajstić information content (AvgIpc) is 2.61. The van der Waals surface area contributed by atoms with Gasteiger partial charge in [-0.15, -0.1) is 0 Å². The lowest BCUT2D eigenvalue weighted by Gasteiger charge is -2.21. The van der Waals surface area contributed by atoms with Gasteiger partial charge in [-0.25, -0.2) is 4.79 Å². The minimum atomic E-state index is -0.977. The fourth-order valence-corrected chi connectivity index (χ4v) is 2.50. The standard InChI is InChI=1S/C19H16N2O2/c22-19(23)16-11-12-20-13-17(16)21-18(14-7-3-1-4-8-14)15-9-5-2-6-10-15/h1-13,18,21H,(H,22,23). The first-order valence-corrected chi connectivity index (χ1v) is 7.29. The lowest BCUT2D eigenvalue weighted by atomic mass is 9.98. The molecule has 4 heteroatoms. The highest BCUT2D eigenvalue weighted by Crippen LogP contribution is 2.27. The van der Waals surface area contributed by atoms with Crippen molar-refractivity contribution in [2.75, 3.05) is 5.32 Å². The molecule has 4 nitrogen and oxygen atoms in total. The number of aromatic carboxylic acids is 1. The molecule has 2 aromatic carbocycles. The topological polar surface area (TPSA) is 62.2 Å². The molecule has 0 saturated heterocycles. The van der Waals surface area contributed by atoms with E-state index in [4.69, 9.17) is 0 Å². The van der Waals surface area contributed by atoms with E-state index < -0.39 is 5.97 Å². The fraction of sp³-hybridized carbons (Fsp3) is 0.0526. The zero-order valence-corrected chi connectivity index (χ0v) is 12.4. The van der Waals surface area contributed by atoms with Crippen molar-refractivity contribution in [3.8, 4) is 0 Å². The van der Waals surface area contributed by atoms with E-state index in [0.29, 0.717) is 5.69 Å². The summed E-state index contributed by atoms with van der Waals surface area (Å²) in [7, 11) is 0. The number of hydrogen-bond donors (Lipinski definition) is 2. The third-order valence-corrected chi connectivity index (χ3v) is 3.62. The van der Waals surface area contributed by atoms with Crippen molar-refractivity contribution in [2.45, 2.75) is 6.04 Å². The smallest absolute Gasteiger partial charge is 0.337 e. The normalized spacial score (nSPS) is 10.5. The first-order valence-electron chi connectivity index (χ1n) is 7.29. The molecule has 0 amide bonds. The van der Waals surface area contributed by atoms with E-state index in [0.717, 1.165) is 11.1 Å². The molecule has 0 bridgehead atoms. The summed E-state index contributed by atoms with van der Waals surface area (Å²) in [6.07, 6.45) is 3.02. The number of carboxylic acids is 1. The van der Waals surface area contributed by atoms with Gasteiger partial charge < -0.3 is 10.4 Å². The zero-order valence-electron chi connectivity index (χ0n) is 12.4. The number of carbonyl (C=O) groups is 1. The van der Waals surface area contributed by atoms with E-state index in [-0.39, 0.29) is 11.6 Å². The maximum atomic E-state index is 11.4. The number of pyridine rings is 1. The van der Waals surface area contributed by atoms with Crippen LogP contribution in [-0.4, -0.2) is 16.1 Å². The van der Waals surface area contributed by atoms with E-state index in [1.807, 2.05) is 60.7 Å². The Bertz CT molecular complexity index is 749. The van der Waals surface area contributed by atoms with E-state index in [1.54, 1.807) is 6.20 Å². The van der Waals surface area contributed by atoms with Gasteiger partial charge in [0.05, 0.1) is 23.5 Å². The van der Waals surface area contributed by atoms with Crippen LogP contribution in [0.15, 0.2) is 79.1 Å². The monoisotopic (exact) mass is 304 g/mol. The van der Waals surface area contributed by atoms with Crippen molar-refractivity contribution in [1.29, 1.82) is 0 Å². The summed E-state index contributed by atoms with van der Waals surface area (Å²) in [5.74, 6) is -0.977. The van der Waals surface area contributed by atoms with Crippen LogP contribution in [0.2, 0.25) is 0 Å². The Balaban J connectivity index is 2.02. The maximum absolute atomic E-state index is 11.4. The second kappa shape index (κ2) is 6.75. The zero-order chi connectivity index (χ0) is 16.1. The van der Waals surface area contributed by atoms with E-state index in [2.05, 4.69) is 10.3 Å². The molecule has 2 N–H and O–H groups in total. The molecule has 0 saturated carbocycles. The number of nitrogens with zero attached hydrogens (tertiary/aromatic N) is 1.